The number of rotatable bonds is 5. The quantitative estimate of drug-likeness (QED) is 0.589. The van der Waals surface area contributed by atoms with Gasteiger partial charge in [0.25, 0.3) is 0 Å². The molecule has 23 heavy (non-hydrogen) atoms. The molecule has 1 aromatic heterocycles. The van der Waals surface area contributed by atoms with E-state index in [9.17, 15) is 0 Å². The van der Waals surface area contributed by atoms with Gasteiger partial charge in [-0.3, -0.25) is 0 Å². The number of thiazole rings is 1. The van der Waals surface area contributed by atoms with Gasteiger partial charge in [-0.05, 0) is 62.0 Å². The van der Waals surface area contributed by atoms with Gasteiger partial charge in [0.2, 0.25) is 0 Å². The number of nitrogens with one attached hydrogen (secondary N) is 1. The number of fused-ring (bicyclic) bond motifs is 1. The highest BCUT2D eigenvalue weighted by Gasteiger charge is 2.21. The lowest BCUT2D eigenvalue weighted by atomic mass is 9.93. The van der Waals surface area contributed by atoms with Gasteiger partial charge in [0.15, 0.2) is 4.34 Å². The van der Waals surface area contributed by atoms with E-state index in [0.29, 0.717) is 0 Å². The predicted molar refractivity (Wildman–Crippen MR) is 103 cm³/mol. The summed E-state index contributed by atoms with van der Waals surface area (Å²) in [6.07, 6.45) is 0. The van der Waals surface area contributed by atoms with Crippen LogP contribution in [0.2, 0.25) is 0 Å². The van der Waals surface area contributed by atoms with Crippen molar-refractivity contribution in [1.29, 1.82) is 0 Å². The first kappa shape index (κ1) is 16.2. The van der Waals surface area contributed by atoms with Gasteiger partial charge in [0.05, 0.1) is 10.2 Å². The minimum atomic E-state index is -0.159. The molecule has 0 aliphatic carbocycles. The number of hydrogen-bond acceptors (Lipinski definition) is 4. The van der Waals surface area contributed by atoms with Crippen molar-refractivity contribution in [3.8, 4) is 0 Å². The van der Waals surface area contributed by atoms with Crippen molar-refractivity contribution < 1.29 is 0 Å². The molecule has 0 aliphatic rings. The van der Waals surface area contributed by atoms with Crippen molar-refractivity contribution in [2.24, 2.45) is 0 Å². The lowest BCUT2D eigenvalue weighted by Crippen LogP contribution is -2.31. The molecule has 0 radical (unpaired) electrons. The van der Waals surface area contributed by atoms with Crippen LogP contribution >= 0.6 is 23.3 Å². The lowest BCUT2D eigenvalue weighted by molar-refractivity contribution is 0.509. The third-order valence-corrected chi connectivity index (χ3v) is 5.95. The molecule has 0 fully saturated rings. The highest BCUT2D eigenvalue weighted by Crippen LogP contribution is 2.32. The van der Waals surface area contributed by atoms with E-state index in [1.807, 2.05) is 13.0 Å². The molecule has 0 saturated carbocycles. The van der Waals surface area contributed by atoms with E-state index < -0.39 is 0 Å². The van der Waals surface area contributed by atoms with Crippen molar-refractivity contribution >= 4 is 39.1 Å². The first-order valence-electron chi connectivity index (χ1n) is 7.52. The van der Waals surface area contributed by atoms with Crippen LogP contribution in [0.4, 0.5) is 0 Å². The fourth-order valence-corrected chi connectivity index (χ4v) is 4.16. The Labute approximate surface area is 145 Å². The number of aromatic nitrogens is 1. The fraction of sp³-hybridized carbons (Fsp3) is 0.211. The molecular weight excluding hydrogens is 320 g/mol. The maximum absolute atomic E-state index is 4.66. The molecule has 0 bridgehead atoms. The van der Waals surface area contributed by atoms with Crippen LogP contribution in [0, 0.1) is 0 Å². The molecular formula is C19H20N2S2. The van der Waals surface area contributed by atoms with Gasteiger partial charge in [-0.1, -0.05) is 42.5 Å². The summed E-state index contributed by atoms with van der Waals surface area (Å²) < 4.78 is 5.81. The lowest BCUT2D eigenvalue weighted by Gasteiger charge is -2.26. The van der Waals surface area contributed by atoms with E-state index >= 15 is 0 Å². The molecule has 118 valence electrons. The minimum absolute atomic E-state index is 0.159. The summed E-state index contributed by atoms with van der Waals surface area (Å²) in [5.74, 6) is 0. The van der Waals surface area contributed by atoms with Crippen LogP contribution in [-0.4, -0.2) is 4.98 Å². The van der Waals surface area contributed by atoms with Crippen molar-refractivity contribution in [3.05, 3.63) is 66.2 Å². The van der Waals surface area contributed by atoms with Crippen molar-refractivity contribution in [3.63, 3.8) is 0 Å². The molecule has 3 rings (SSSR count). The Balaban J connectivity index is 1.77. The molecule has 0 saturated heterocycles. The van der Waals surface area contributed by atoms with E-state index in [1.54, 1.807) is 23.3 Å². The number of para-hydroxylation sites is 1. The first-order chi connectivity index (χ1) is 11.0. The summed E-state index contributed by atoms with van der Waals surface area (Å²) in [5.41, 5.74) is 4.41. The molecule has 1 heterocycles. The number of nitrogens with zero attached hydrogens (tertiary/aromatic N) is 1. The second-order valence-electron chi connectivity index (χ2n) is 6.14. The summed E-state index contributed by atoms with van der Waals surface area (Å²) in [6, 6.07) is 16.8. The molecule has 0 amide bonds. The monoisotopic (exact) mass is 340 g/mol. The normalized spacial score (nSPS) is 11.8. The van der Waals surface area contributed by atoms with Gasteiger partial charge < -0.3 is 0 Å². The smallest absolute Gasteiger partial charge is 0.166 e. The third kappa shape index (κ3) is 3.66. The highest BCUT2D eigenvalue weighted by atomic mass is 32.2. The molecule has 3 aromatic rings. The van der Waals surface area contributed by atoms with Crippen LogP contribution in [0.1, 0.15) is 31.9 Å². The fourth-order valence-electron chi connectivity index (χ4n) is 2.30. The average Bonchev–Trinajstić information content (AvgIpc) is 2.96. The Morgan fingerprint density at radius 1 is 1.17 bits per heavy atom. The maximum atomic E-state index is 4.66. The minimum Gasteiger partial charge on any atom is -0.248 e. The predicted octanol–water partition coefficient (Wildman–Crippen LogP) is 5.86. The zero-order chi connectivity index (χ0) is 16.4. The average molecular weight is 341 g/mol. The molecule has 2 aromatic carbocycles. The molecule has 0 spiro atoms. The van der Waals surface area contributed by atoms with Gasteiger partial charge in [-0.25, -0.2) is 9.71 Å². The topological polar surface area (TPSA) is 24.9 Å². The molecule has 4 heteroatoms. The SMILES string of the molecule is C=C(C)c1cccc(C(C)(C)NSc2nc3ccccc3s2)c1. The van der Waals surface area contributed by atoms with E-state index in [1.165, 1.54) is 15.8 Å². The summed E-state index contributed by atoms with van der Waals surface area (Å²) in [7, 11) is 0. The van der Waals surface area contributed by atoms with Gasteiger partial charge in [-0.15, -0.1) is 11.3 Å². The van der Waals surface area contributed by atoms with E-state index in [2.05, 4.69) is 72.6 Å². The van der Waals surface area contributed by atoms with E-state index in [-0.39, 0.29) is 5.54 Å². The second-order valence-corrected chi connectivity index (χ2v) is 8.22. The van der Waals surface area contributed by atoms with Crippen LogP contribution in [0.25, 0.3) is 15.8 Å². The third-order valence-electron chi connectivity index (χ3n) is 3.74. The Hall–Kier alpha value is -1.62. The molecule has 0 atom stereocenters. The number of allylic oxidation sites excluding steroid dienone is 1. The number of benzene rings is 2. The Morgan fingerprint density at radius 3 is 2.70 bits per heavy atom. The Bertz CT molecular complexity index is 816. The van der Waals surface area contributed by atoms with Gasteiger partial charge in [0, 0.05) is 5.54 Å². The maximum Gasteiger partial charge on any atom is 0.166 e. The standard InChI is InChI=1S/C19H20N2S2/c1-13(2)14-8-7-9-15(12-14)19(3,4)21-23-18-20-16-10-5-6-11-17(16)22-18/h5-12,21H,1H2,2-4H3. The van der Waals surface area contributed by atoms with Crippen LogP contribution in [0.3, 0.4) is 0 Å². The first-order valence-corrected chi connectivity index (χ1v) is 9.15. The largest absolute Gasteiger partial charge is 0.248 e. The van der Waals surface area contributed by atoms with Gasteiger partial charge >= 0.3 is 0 Å². The van der Waals surface area contributed by atoms with Crippen LogP contribution < -0.4 is 4.72 Å². The van der Waals surface area contributed by atoms with Gasteiger partial charge in [-0.2, -0.15) is 0 Å². The van der Waals surface area contributed by atoms with Crippen molar-refractivity contribution in [1.82, 2.24) is 9.71 Å². The zero-order valence-corrected chi connectivity index (χ0v) is 15.2. The second kappa shape index (κ2) is 6.48. The van der Waals surface area contributed by atoms with Crippen molar-refractivity contribution in [2.75, 3.05) is 0 Å². The van der Waals surface area contributed by atoms with Crippen LogP contribution in [0.5, 0.6) is 0 Å². The van der Waals surface area contributed by atoms with Crippen molar-refractivity contribution in [2.45, 2.75) is 30.6 Å². The molecule has 1 N–H and O–H groups in total. The Morgan fingerprint density at radius 2 is 1.96 bits per heavy atom. The number of hydrogen-bond donors (Lipinski definition) is 1. The van der Waals surface area contributed by atoms with E-state index in [0.717, 1.165) is 15.4 Å². The Kier molecular flexibility index (Phi) is 4.57. The van der Waals surface area contributed by atoms with Crippen LogP contribution in [-0.2, 0) is 5.54 Å². The zero-order valence-electron chi connectivity index (χ0n) is 13.6. The summed E-state index contributed by atoms with van der Waals surface area (Å²) in [5, 5.41) is 0. The molecule has 2 nitrogen and oxygen atoms in total. The molecule has 0 aliphatic heterocycles. The van der Waals surface area contributed by atoms with Gasteiger partial charge in [0.1, 0.15) is 0 Å². The summed E-state index contributed by atoms with van der Waals surface area (Å²) in [4.78, 5) is 4.66. The molecule has 0 unspecified atom stereocenters. The van der Waals surface area contributed by atoms with Crippen LogP contribution in [0.15, 0.2) is 59.4 Å². The summed E-state index contributed by atoms with van der Waals surface area (Å²) >= 11 is 3.31. The highest BCUT2D eigenvalue weighted by molar-refractivity contribution is 7.99. The summed E-state index contributed by atoms with van der Waals surface area (Å²) in [6.45, 7) is 10.4. The van der Waals surface area contributed by atoms with E-state index in [4.69, 9.17) is 0 Å².